The highest BCUT2D eigenvalue weighted by Gasteiger charge is 2.38. The quantitative estimate of drug-likeness (QED) is 0.0604. The van der Waals surface area contributed by atoms with Gasteiger partial charge in [-0.05, 0) is 110 Å². The largest absolute Gasteiger partial charge is 0.508 e. The number of fused-ring (bicyclic) bond motifs is 2. The summed E-state index contributed by atoms with van der Waals surface area (Å²) in [6.07, 6.45) is 4.00. The van der Waals surface area contributed by atoms with Crippen molar-refractivity contribution >= 4 is 11.6 Å². The number of allylic oxidation sites excluding steroid dienone is 5. The van der Waals surface area contributed by atoms with E-state index in [-0.39, 0.29) is 106 Å². The summed E-state index contributed by atoms with van der Waals surface area (Å²) in [4.78, 5) is 25.8. The highest BCUT2D eigenvalue weighted by molar-refractivity contribution is 6.04. The van der Waals surface area contributed by atoms with Crippen molar-refractivity contribution in [1.29, 1.82) is 0 Å². The van der Waals surface area contributed by atoms with Gasteiger partial charge in [0, 0.05) is 46.5 Å². The van der Waals surface area contributed by atoms with Crippen LogP contribution >= 0.6 is 0 Å². The number of benzene rings is 4. The Morgan fingerprint density at radius 3 is 1.43 bits per heavy atom. The van der Waals surface area contributed by atoms with Crippen molar-refractivity contribution in [2.45, 2.75) is 105 Å². The van der Waals surface area contributed by atoms with Gasteiger partial charge in [0.15, 0.2) is 11.6 Å². The second kappa shape index (κ2) is 19.2. The van der Waals surface area contributed by atoms with Crippen molar-refractivity contribution in [3.05, 3.63) is 117 Å². The van der Waals surface area contributed by atoms with Crippen LogP contribution in [0.25, 0.3) is 0 Å². The van der Waals surface area contributed by atoms with Crippen LogP contribution in [0.5, 0.6) is 57.5 Å². The van der Waals surface area contributed by atoms with Crippen LogP contribution in [0.2, 0.25) is 0 Å². The molecule has 0 saturated carbocycles. The van der Waals surface area contributed by atoms with Crippen molar-refractivity contribution in [1.82, 2.24) is 0 Å². The second-order valence-corrected chi connectivity index (χ2v) is 17.5. The van der Waals surface area contributed by atoms with Crippen LogP contribution in [0.15, 0.2) is 84.0 Å². The summed E-state index contributed by atoms with van der Waals surface area (Å²) in [5.74, 6) is -2.69. The van der Waals surface area contributed by atoms with Crippen molar-refractivity contribution in [2.75, 3.05) is 0 Å². The fourth-order valence-electron chi connectivity index (χ4n) is 7.73. The molecule has 0 aromatic heterocycles. The van der Waals surface area contributed by atoms with Gasteiger partial charge in [-0.3, -0.25) is 9.59 Å². The number of ketones is 2. The molecule has 6 rings (SSSR count). The molecular formula is C50H58O13. The number of hydrogen-bond donors (Lipinski definition) is 9. The van der Waals surface area contributed by atoms with Crippen LogP contribution in [-0.4, -0.2) is 63.1 Å². The van der Waals surface area contributed by atoms with Gasteiger partial charge >= 0.3 is 0 Å². The number of aromatic hydroxyl groups is 8. The summed E-state index contributed by atoms with van der Waals surface area (Å²) < 4.78 is 12.1. The predicted octanol–water partition coefficient (Wildman–Crippen LogP) is 9.81. The molecule has 4 atom stereocenters. The van der Waals surface area contributed by atoms with E-state index in [9.17, 15) is 55.5 Å². The van der Waals surface area contributed by atoms with Crippen LogP contribution in [0.4, 0.5) is 0 Å². The van der Waals surface area contributed by atoms with Gasteiger partial charge < -0.3 is 55.4 Å². The highest BCUT2D eigenvalue weighted by Crippen LogP contribution is 2.50. The maximum Gasteiger partial charge on any atom is 0.174 e. The van der Waals surface area contributed by atoms with Gasteiger partial charge in [0.2, 0.25) is 0 Å². The van der Waals surface area contributed by atoms with E-state index in [1.165, 1.54) is 36.4 Å². The summed E-state index contributed by atoms with van der Waals surface area (Å²) >= 11 is 0. The number of ether oxygens (including phenoxy) is 2. The maximum absolute atomic E-state index is 12.9. The van der Waals surface area contributed by atoms with E-state index in [0.717, 1.165) is 28.9 Å². The number of phenolic OH excluding ortho intramolecular Hbond substituents is 8. The molecule has 2 unspecified atom stereocenters. The number of hydrogen-bond acceptors (Lipinski definition) is 13. The van der Waals surface area contributed by atoms with E-state index in [0.29, 0.717) is 41.5 Å². The first-order valence-corrected chi connectivity index (χ1v) is 20.7. The molecule has 63 heavy (non-hydrogen) atoms. The van der Waals surface area contributed by atoms with Gasteiger partial charge in [0.05, 0.1) is 18.4 Å². The average Bonchev–Trinajstić information content (AvgIpc) is 3.16. The fourth-order valence-corrected chi connectivity index (χ4v) is 7.73. The third kappa shape index (κ3) is 11.1. The molecule has 0 aliphatic carbocycles. The van der Waals surface area contributed by atoms with Gasteiger partial charge in [-0.15, -0.1) is 0 Å². The van der Waals surface area contributed by atoms with Gasteiger partial charge in [0.1, 0.15) is 80.8 Å². The first-order chi connectivity index (χ1) is 29.5. The molecule has 9 N–H and O–H groups in total. The SMILES string of the molecule is C=C(C)C(CC=C(C)C)Cc1c(O)cc(O)c2c1O[C@H](c1ccc(O)cc1O)CC2=O.CC(C)=CCC(Cc1c(O)cc(O)c2c1O[C@H](c1ccc(O)cc1O)CC2=O)C(C)(C)O. The highest BCUT2D eigenvalue weighted by atomic mass is 16.5. The molecule has 13 heteroatoms. The van der Waals surface area contributed by atoms with Gasteiger partial charge in [-0.1, -0.05) is 35.5 Å². The molecule has 0 fully saturated rings. The number of phenols is 8. The zero-order valence-corrected chi connectivity index (χ0v) is 36.7. The van der Waals surface area contributed by atoms with E-state index in [1.54, 1.807) is 13.8 Å². The first kappa shape index (κ1) is 47.4. The molecule has 0 amide bonds. The van der Waals surface area contributed by atoms with E-state index < -0.39 is 23.6 Å². The lowest BCUT2D eigenvalue weighted by atomic mass is 9.81. The lowest BCUT2D eigenvalue weighted by molar-refractivity contribution is 0.0175. The minimum Gasteiger partial charge on any atom is -0.508 e. The third-order valence-electron chi connectivity index (χ3n) is 11.4. The van der Waals surface area contributed by atoms with Gasteiger partial charge in [0.25, 0.3) is 0 Å². The monoisotopic (exact) mass is 866 g/mol. The van der Waals surface area contributed by atoms with E-state index in [2.05, 4.69) is 12.7 Å². The molecule has 0 spiro atoms. The molecule has 0 saturated heterocycles. The van der Waals surface area contributed by atoms with E-state index in [4.69, 9.17) is 9.47 Å². The van der Waals surface area contributed by atoms with E-state index >= 15 is 0 Å². The summed E-state index contributed by atoms with van der Waals surface area (Å²) in [5, 5.41) is 92.2. The Morgan fingerprint density at radius 1 is 0.635 bits per heavy atom. The van der Waals surface area contributed by atoms with Crippen molar-refractivity contribution in [3.63, 3.8) is 0 Å². The van der Waals surface area contributed by atoms with Gasteiger partial charge in [-0.2, -0.15) is 0 Å². The number of carbonyl (C=O) groups excluding carboxylic acids is 2. The number of Topliss-reactive ketones (excluding diaryl/α,β-unsaturated/α-hetero) is 2. The van der Waals surface area contributed by atoms with Crippen molar-refractivity contribution in [3.8, 4) is 57.5 Å². The number of carbonyl (C=O) groups is 2. The smallest absolute Gasteiger partial charge is 0.174 e. The second-order valence-electron chi connectivity index (χ2n) is 17.5. The van der Waals surface area contributed by atoms with Gasteiger partial charge in [-0.25, -0.2) is 0 Å². The van der Waals surface area contributed by atoms with Crippen LogP contribution in [0, 0.1) is 11.8 Å². The summed E-state index contributed by atoms with van der Waals surface area (Å²) in [5.41, 5.74) is 3.47. The molecule has 13 nitrogen and oxygen atoms in total. The Balaban J connectivity index is 0.000000238. The van der Waals surface area contributed by atoms with Crippen molar-refractivity contribution in [2.24, 2.45) is 11.8 Å². The fraction of sp³-hybridized carbons (Fsp3) is 0.360. The molecule has 336 valence electrons. The molecule has 2 heterocycles. The molecule has 2 aliphatic heterocycles. The Morgan fingerprint density at radius 2 is 1.05 bits per heavy atom. The lowest BCUT2D eigenvalue weighted by Gasteiger charge is -2.32. The van der Waals surface area contributed by atoms with E-state index in [1.807, 2.05) is 40.7 Å². The molecule has 0 bridgehead atoms. The molecule has 4 aromatic carbocycles. The minimum atomic E-state index is -1.09. The summed E-state index contributed by atoms with van der Waals surface area (Å²) in [6.45, 7) is 17.3. The average molecular weight is 867 g/mol. The zero-order valence-electron chi connectivity index (χ0n) is 36.7. The predicted molar refractivity (Wildman–Crippen MR) is 237 cm³/mol. The summed E-state index contributed by atoms with van der Waals surface area (Å²) in [6, 6.07) is 10.4. The first-order valence-electron chi connectivity index (χ1n) is 20.7. The number of rotatable bonds is 12. The molecular weight excluding hydrogens is 809 g/mol. The molecule has 0 radical (unpaired) electrons. The Labute approximate surface area is 367 Å². The molecule has 4 aromatic rings. The van der Waals surface area contributed by atoms with Crippen LogP contribution < -0.4 is 9.47 Å². The maximum atomic E-state index is 12.9. The van der Waals surface area contributed by atoms with Crippen LogP contribution in [0.1, 0.15) is 129 Å². The minimum absolute atomic E-state index is 0.00408. The topological polar surface area (TPSA) is 235 Å². The Kier molecular flexibility index (Phi) is 14.5. The zero-order chi connectivity index (χ0) is 46.7. The van der Waals surface area contributed by atoms with Crippen LogP contribution in [-0.2, 0) is 12.8 Å². The summed E-state index contributed by atoms with van der Waals surface area (Å²) in [7, 11) is 0. The Bertz CT molecular complexity index is 2460. The normalized spacial score (nSPS) is 16.5. The van der Waals surface area contributed by atoms with Crippen molar-refractivity contribution < 1.29 is 65.0 Å². The molecule has 2 aliphatic rings. The Hall–Kier alpha value is -6.60. The number of aliphatic hydroxyl groups is 1. The lowest BCUT2D eigenvalue weighted by Crippen LogP contribution is -2.32. The third-order valence-corrected chi connectivity index (χ3v) is 11.4. The standard InChI is InChI=1S/C25H30O7.C25H28O6/c1-13(2)5-6-14(25(3,4)31)9-17-19(28)11-20(29)23-21(30)12-22(32-24(17)23)16-8-7-15(26)10-18(16)27;1-13(2)5-6-15(14(3)4)9-18-20(28)11-21(29)24-22(30)12-23(31-25(18)24)17-8-7-16(26)10-19(17)27/h5,7-8,10-11,14,22,26-29,31H,6,9,12H2,1-4H3;5,7-8,10-11,15,23,26-29H,3,6,9,12H2,1-2,4H3/t14?,22-;15?,23-/m00/s1. The van der Waals surface area contributed by atoms with Crippen LogP contribution in [0.3, 0.4) is 0 Å².